The van der Waals surface area contributed by atoms with Crippen molar-refractivity contribution in [3.63, 3.8) is 0 Å². The first-order chi connectivity index (χ1) is 10.3. The lowest BCUT2D eigenvalue weighted by atomic mass is 10.3. The monoisotopic (exact) mass is 330 g/mol. The van der Waals surface area contributed by atoms with E-state index in [0.717, 1.165) is 0 Å². The number of rotatable bonds is 8. The van der Waals surface area contributed by atoms with E-state index in [-0.39, 0.29) is 10.9 Å². The summed E-state index contributed by atoms with van der Waals surface area (Å²) in [6.07, 6.45) is 0. The Hall–Kier alpha value is -1.64. The van der Waals surface area contributed by atoms with Crippen molar-refractivity contribution >= 4 is 15.9 Å². The van der Waals surface area contributed by atoms with Gasteiger partial charge >= 0.3 is 0 Å². The summed E-state index contributed by atoms with van der Waals surface area (Å²) in [5.41, 5.74) is 0. The highest BCUT2D eigenvalue weighted by Gasteiger charge is 2.22. The van der Waals surface area contributed by atoms with Crippen LogP contribution in [0.5, 0.6) is 5.75 Å². The van der Waals surface area contributed by atoms with Gasteiger partial charge in [0.2, 0.25) is 15.9 Å². The molecule has 7 nitrogen and oxygen atoms in total. The Bertz CT molecular complexity index is 586. The first kappa shape index (κ1) is 18.4. The minimum atomic E-state index is -3.78. The Morgan fingerprint density at radius 1 is 1.18 bits per heavy atom. The second kappa shape index (κ2) is 8.11. The highest BCUT2D eigenvalue weighted by molar-refractivity contribution is 7.89. The van der Waals surface area contributed by atoms with Crippen molar-refractivity contribution in [3.05, 3.63) is 24.3 Å². The zero-order valence-electron chi connectivity index (χ0n) is 13.1. The minimum absolute atomic E-state index is 0.0675. The van der Waals surface area contributed by atoms with E-state index >= 15 is 0 Å². The summed E-state index contributed by atoms with van der Waals surface area (Å²) in [6.45, 7) is 3.60. The van der Waals surface area contributed by atoms with Crippen LogP contribution in [0.4, 0.5) is 0 Å². The topological polar surface area (TPSA) is 93.7 Å². The first-order valence-corrected chi connectivity index (χ1v) is 8.24. The molecule has 2 N–H and O–H groups in total. The lowest BCUT2D eigenvalue weighted by molar-refractivity contribution is -0.123. The van der Waals surface area contributed by atoms with Gasteiger partial charge in [0.05, 0.1) is 24.7 Å². The third-order valence-electron chi connectivity index (χ3n) is 2.90. The Labute approximate surface area is 131 Å². The van der Waals surface area contributed by atoms with Crippen LogP contribution in [-0.4, -0.2) is 47.2 Å². The Morgan fingerprint density at radius 3 is 2.27 bits per heavy atom. The molecule has 0 heterocycles. The molecule has 124 valence electrons. The molecule has 0 spiro atoms. The van der Waals surface area contributed by atoms with Crippen LogP contribution in [0, 0.1) is 0 Å². The van der Waals surface area contributed by atoms with E-state index in [1.165, 1.54) is 33.3 Å². The van der Waals surface area contributed by atoms with Crippen molar-refractivity contribution in [2.45, 2.75) is 30.8 Å². The van der Waals surface area contributed by atoms with Crippen LogP contribution in [0.3, 0.4) is 0 Å². The van der Waals surface area contributed by atoms with Crippen molar-refractivity contribution in [2.75, 3.05) is 20.8 Å². The number of nitrogens with one attached hydrogen (secondary N) is 2. The van der Waals surface area contributed by atoms with Gasteiger partial charge in [0.25, 0.3) is 0 Å². The summed E-state index contributed by atoms with van der Waals surface area (Å²) >= 11 is 0. The SMILES string of the molecule is COC[C@@H](C)NC(=O)[C@H](C)NS(=O)(=O)c1ccc(OC)cc1. The van der Waals surface area contributed by atoms with Crippen LogP contribution >= 0.6 is 0 Å². The molecule has 0 aliphatic carbocycles. The van der Waals surface area contributed by atoms with Gasteiger partial charge in [-0.3, -0.25) is 4.79 Å². The van der Waals surface area contributed by atoms with E-state index in [1.807, 2.05) is 0 Å². The van der Waals surface area contributed by atoms with E-state index in [1.54, 1.807) is 19.1 Å². The van der Waals surface area contributed by atoms with Gasteiger partial charge in [-0.2, -0.15) is 4.72 Å². The zero-order chi connectivity index (χ0) is 16.8. The van der Waals surface area contributed by atoms with Crippen LogP contribution in [0.2, 0.25) is 0 Å². The fourth-order valence-electron chi connectivity index (χ4n) is 1.77. The molecule has 0 bridgehead atoms. The molecule has 0 unspecified atom stereocenters. The molecule has 2 atom stereocenters. The number of amides is 1. The lowest BCUT2D eigenvalue weighted by Crippen LogP contribution is -2.48. The van der Waals surface area contributed by atoms with Gasteiger partial charge in [0.15, 0.2) is 0 Å². The van der Waals surface area contributed by atoms with Crippen LogP contribution in [0.1, 0.15) is 13.8 Å². The largest absolute Gasteiger partial charge is 0.497 e. The number of carbonyl (C=O) groups is 1. The molecule has 0 radical (unpaired) electrons. The summed E-state index contributed by atoms with van der Waals surface area (Å²) in [5.74, 6) is 0.139. The molecule has 0 fully saturated rings. The summed E-state index contributed by atoms with van der Waals surface area (Å²) in [7, 11) is -0.754. The third-order valence-corrected chi connectivity index (χ3v) is 4.46. The maximum absolute atomic E-state index is 12.2. The Kier molecular flexibility index (Phi) is 6.79. The number of ether oxygens (including phenoxy) is 2. The minimum Gasteiger partial charge on any atom is -0.497 e. The molecular formula is C14H22N2O5S. The number of carbonyl (C=O) groups excluding carboxylic acids is 1. The van der Waals surface area contributed by atoms with Crippen molar-refractivity contribution in [2.24, 2.45) is 0 Å². The van der Waals surface area contributed by atoms with Gasteiger partial charge in [-0.05, 0) is 38.1 Å². The second-order valence-corrected chi connectivity index (χ2v) is 6.60. The van der Waals surface area contributed by atoms with E-state index in [4.69, 9.17) is 9.47 Å². The predicted molar refractivity (Wildman–Crippen MR) is 82.3 cm³/mol. The van der Waals surface area contributed by atoms with Crippen LogP contribution in [0.15, 0.2) is 29.2 Å². The Balaban J connectivity index is 2.72. The average Bonchev–Trinajstić information content (AvgIpc) is 2.47. The number of hydrogen-bond acceptors (Lipinski definition) is 5. The van der Waals surface area contributed by atoms with Crippen LogP contribution in [0.25, 0.3) is 0 Å². The fraction of sp³-hybridized carbons (Fsp3) is 0.500. The highest BCUT2D eigenvalue weighted by Crippen LogP contribution is 2.15. The van der Waals surface area contributed by atoms with Crippen molar-refractivity contribution < 1.29 is 22.7 Å². The molecule has 0 saturated carbocycles. The van der Waals surface area contributed by atoms with Crippen molar-refractivity contribution in [3.8, 4) is 5.75 Å². The van der Waals surface area contributed by atoms with E-state index < -0.39 is 22.0 Å². The summed E-state index contributed by atoms with van der Waals surface area (Å²) in [4.78, 5) is 12.0. The van der Waals surface area contributed by atoms with Gasteiger partial charge in [-0.15, -0.1) is 0 Å². The third kappa shape index (κ3) is 5.28. The zero-order valence-corrected chi connectivity index (χ0v) is 13.9. The van der Waals surface area contributed by atoms with Crippen molar-refractivity contribution in [1.82, 2.24) is 10.0 Å². The summed E-state index contributed by atoms with van der Waals surface area (Å²) < 4.78 is 36.6. The van der Waals surface area contributed by atoms with Gasteiger partial charge in [0.1, 0.15) is 5.75 Å². The molecule has 0 saturated heterocycles. The average molecular weight is 330 g/mol. The summed E-state index contributed by atoms with van der Waals surface area (Å²) in [5, 5.41) is 2.66. The quantitative estimate of drug-likeness (QED) is 0.724. The second-order valence-electron chi connectivity index (χ2n) is 4.88. The van der Waals surface area contributed by atoms with E-state index in [9.17, 15) is 13.2 Å². The molecule has 0 aliphatic heterocycles. The predicted octanol–water partition coefficient (Wildman–Crippen LogP) is 0.513. The van der Waals surface area contributed by atoms with Crippen LogP contribution < -0.4 is 14.8 Å². The standard InChI is InChI=1S/C14H22N2O5S/c1-10(9-20-3)15-14(17)11(2)16-22(18,19)13-7-5-12(21-4)6-8-13/h5-8,10-11,16H,9H2,1-4H3,(H,15,17)/t10-,11+/m1/s1. The summed E-state index contributed by atoms with van der Waals surface area (Å²) in [6, 6.07) is 4.82. The molecule has 22 heavy (non-hydrogen) atoms. The fourth-order valence-corrected chi connectivity index (χ4v) is 2.97. The smallest absolute Gasteiger partial charge is 0.241 e. The van der Waals surface area contributed by atoms with Crippen LogP contribution in [-0.2, 0) is 19.6 Å². The maximum atomic E-state index is 12.2. The number of methoxy groups -OCH3 is 2. The van der Waals surface area contributed by atoms with E-state index in [2.05, 4.69) is 10.0 Å². The van der Waals surface area contributed by atoms with Gasteiger partial charge < -0.3 is 14.8 Å². The molecule has 1 aromatic carbocycles. The molecule has 0 aliphatic rings. The lowest BCUT2D eigenvalue weighted by Gasteiger charge is -2.18. The molecule has 1 rings (SSSR count). The molecule has 1 aromatic rings. The van der Waals surface area contributed by atoms with Gasteiger partial charge in [0, 0.05) is 13.2 Å². The van der Waals surface area contributed by atoms with Crippen molar-refractivity contribution in [1.29, 1.82) is 0 Å². The highest BCUT2D eigenvalue weighted by atomic mass is 32.2. The molecule has 1 amide bonds. The number of sulfonamides is 1. The molecule has 8 heteroatoms. The van der Waals surface area contributed by atoms with E-state index in [0.29, 0.717) is 12.4 Å². The van der Waals surface area contributed by atoms with Gasteiger partial charge in [-0.25, -0.2) is 8.42 Å². The number of hydrogen-bond donors (Lipinski definition) is 2. The van der Waals surface area contributed by atoms with Gasteiger partial charge in [-0.1, -0.05) is 0 Å². The first-order valence-electron chi connectivity index (χ1n) is 6.76. The Morgan fingerprint density at radius 2 is 1.77 bits per heavy atom. The molecule has 0 aromatic heterocycles. The maximum Gasteiger partial charge on any atom is 0.241 e. The molecular weight excluding hydrogens is 308 g/mol. The number of benzene rings is 1. The normalized spacial score (nSPS) is 14.2.